The van der Waals surface area contributed by atoms with Crippen molar-refractivity contribution in [3.63, 3.8) is 0 Å². The number of ether oxygens (including phenoxy) is 1. The zero-order chi connectivity index (χ0) is 13.0. The molecule has 1 aliphatic heterocycles. The van der Waals surface area contributed by atoms with Crippen molar-refractivity contribution in [1.82, 2.24) is 9.88 Å². The van der Waals surface area contributed by atoms with Gasteiger partial charge in [-0.1, -0.05) is 0 Å². The van der Waals surface area contributed by atoms with Gasteiger partial charge in [0.2, 0.25) is 0 Å². The summed E-state index contributed by atoms with van der Waals surface area (Å²) in [5.41, 5.74) is 0.984. The molecule has 1 aromatic heterocycles. The average Bonchev–Trinajstić information content (AvgIpc) is 2.37. The summed E-state index contributed by atoms with van der Waals surface area (Å²) in [6, 6.07) is 4.01. The first-order chi connectivity index (χ1) is 8.56. The predicted octanol–water partition coefficient (Wildman–Crippen LogP) is 1.96. The number of rotatable bonds is 1. The maximum Gasteiger partial charge on any atom is 0.133 e. The van der Waals surface area contributed by atoms with Crippen LogP contribution in [0.2, 0.25) is 0 Å². The Morgan fingerprint density at radius 2 is 2.06 bits per heavy atom. The zero-order valence-electron chi connectivity index (χ0n) is 11.4. The Hall–Kier alpha value is -1.42. The van der Waals surface area contributed by atoms with Crippen LogP contribution in [0.5, 0.6) is 0 Å². The fraction of sp³-hybridized carbons (Fsp3) is 0.571. The van der Waals surface area contributed by atoms with E-state index in [0.717, 1.165) is 37.7 Å². The standard InChI is InChI=1S/C14H21N3O/c1-14(2,3)16-13(12-5-4-6-15-11-12)17-7-9-18-10-8-17/h4-6,11H,7-10H2,1-3H3. The zero-order valence-corrected chi connectivity index (χ0v) is 11.4. The number of nitrogens with zero attached hydrogens (tertiary/aromatic N) is 3. The van der Waals surface area contributed by atoms with Crippen molar-refractivity contribution in [2.24, 2.45) is 4.99 Å². The summed E-state index contributed by atoms with van der Waals surface area (Å²) < 4.78 is 5.40. The van der Waals surface area contributed by atoms with E-state index in [-0.39, 0.29) is 5.54 Å². The van der Waals surface area contributed by atoms with Gasteiger partial charge in [-0.2, -0.15) is 0 Å². The molecule has 0 spiro atoms. The van der Waals surface area contributed by atoms with E-state index in [1.807, 2.05) is 12.3 Å². The highest BCUT2D eigenvalue weighted by molar-refractivity contribution is 5.98. The van der Waals surface area contributed by atoms with E-state index in [9.17, 15) is 0 Å². The molecule has 0 bridgehead atoms. The molecule has 4 heteroatoms. The second-order valence-corrected chi connectivity index (χ2v) is 5.45. The van der Waals surface area contributed by atoms with E-state index >= 15 is 0 Å². The molecule has 0 aliphatic carbocycles. The molecule has 0 N–H and O–H groups in total. The minimum Gasteiger partial charge on any atom is -0.378 e. The van der Waals surface area contributed by atoms with Gasteiger partial charge in [0.25, 0.3) is 0 Å². The van der Waals surface area contributed by atoms with Crippen LogP contribution in [0.15, 0.2) is 29.5 Å². The van der Waals surface area contributed by atoms with E-state index < -0.39 is 0 Å². The monoisotopic (exact) mass is 247 g/mol. The van der Waals surface area contributed by atoms with Crippen molar-refractivity contribution < 1.29 is 4.74 Å². The molecular weight excluding hydrogens is 226 g/mol. The highest BCUT2D eigenvalue weighted by atomic mass is 16.5. The van der Waals surface area contributed by atoms with Gasteiger partial charge in [-0.05, 0) is 32.9 Å². The van der Waals surface area contributed by atoms with Crippen LogP contribution in [0, 0.1) is 0 Å². The van der Waals surface area contributed by atoms with E-state index in [4.69, 9.17) is 9.73 Å². The molecule has 1 fully saturated rings. The van der Waals surface area contributed by atoms with Crippen LogP contribution in [-0.2, 0) is 4.74 Å². The molecular formula is C14H21N3O. The number of amidine groups is 1. The highest BCUT2D eigenvalue weighted by Gasteiger charge is 2.19. The van der Waals surface area contributed by atoms with Gasteiger partial charge in [0, 0.05) is 31.0 Å². The quantitative estimate of drug-likeness (QED) is 0.562. The van der Waals surface area contributed by atoms with Gasteiger partial charge in [0.05, 0.1) is 18.8 Å². The smallest absolute Gasteiger partial charge is 0.133 e. The normalized spacial score (nSPS) is 17.9. The van der Waals surface area contributed by atoms with Crippen LogP contribution in [-0.4, -0.2) is 47.6 Å². The van der Waals surface area contributed by atoms with Crippen molar-refractivity contribution >= 4 is 5.84 Å². The first-order valence-electron chi connectivity index (χ1n) is 6.39. The number of hydrogen-bond donors (Lipinski definition) is 0. The number of pyridine rings is 1. The van der Waals surface area contributed by atoms with Crippen LogP contribution in [0.25, 0.3) is 0 Å². The third-order valence-corrected chi connectivity index (χ3v) is 2.67. The van der Waals surface area contributed by atoms with Gasteiger partial charge in [-0.3, -0.25) is 9.98 Å². The van der Waals surface area contributed by atoms with Crippen molar-refractivity contribution in [2.75, 3.05) is 26.3 Å². The Morgan fingerprint density at radius 1 is 1.33 bits per heavy atom. The Labute approximate surface area is 109 Å². The summed E-state index contributed by atoms with van der Waals surface area (Å²) in [6.45, 7) is 9.66. The van der Waals surface area contributed by atoms with Crippen LogP contribution >= 0.6 is 0 Å². The third-order valence-electron chi connectivity index (χ3n) is 2.67. The van der Waals surface area contributed by atoms with Crippen LogP contribution in [0.4, 0.5) is 0 Å². The molecule has 0 radical (unpaired) electrons. The van der Waals surface area contributed by atoms with Crippen molar-refractivity contribution in [2.45, 2.75) is 26.3 Å². The molecule has 2 heterocycles. The molecule has 0 amide bonds. The fourth-order valence-corrected chi connectivity index (χ4v) is 1.91. The van der Waals surface area contributed by atoms with Gasteiger partial charge in [-0.25, -0.2) is 0 Å². The van der Waals surface area contributed by atoms with Crippen molar-refractivity contribution in [1.29, 1.82) is 0 Å². The second kappa shape index (κ2) is 5.48. The van der Waals surface area contributed by atoms with E-state index in [1.54, 1.807) is 6.20 Å². The summed E-state index contributed by atoms with van der Waals surface area (Å²) in [5, 5.41) is 0. The lowest BCUT2D eigenvalue weighted by Gasteiger charge is -2.31. The van der Waals surface area contributed by atoms with Crippen LogP contribution in [0.3, 0.4) is 0 Å². The van der Waals surface area contributed by atoms with Crippen molar-refractivity contribution in [3.05, 3.63) is 30.1 Å². The molecule has 1 aliphatic rings. The maximum absolute atomic E-state index is 5.40. The summed E-state index contributed by atoms with van der Waals surface area (Å²) in [5.74, 6) is 1.03. The highest BCUT2D eigenvalue weighted by Crippen LogP contribution is 2.14. The molecule has 0 saturated carbocycles. The fourth-order valence-electron chi connectivity index (χ4n) is 1.91. The third kappa shape index (κ3) is 3.53. The van der Waals surface area contributed by atoms with Gasteiger partial charge in [-0.15, -0.1) is 0 Å². The van der Waals surface area contributed by atoms with Crippen LogP contribution < -0.4 is 0 Å². The lowest BCUT2D eigenvalue weighted by molar-refractivity contribution is 0.0679. The Balaban J connectivity index is 2.31. The molecule has 0 unspecified atom stereocenters. The Morgan fingerprint density at radius 3 is 2.61 bits per heavy atom. The summed E-state index contributed by atoms with van der Waals surface area (Å²) in [4.78, 5) is 11.3. The summed E-state index contributed by atoms with van der Waals surface area (Å²) in [6.07, 6.45) is 3.66. The number of aromatic nitrogens is 1. The molecule has 4 nitrogen and oxygen atoms in total. The molecule has 1 aromatic rings. The molecule has 98 valence electrons. The molecule has 0 atom stereocenters. The first-order valence-corrected chi connectivity index (χ1v) is 6.39. The number of morpholine rings is 1. The first kappa shape index (κ1) is 13.0. The molecule has 0 aromatic carbocycles. The van der Waals surface area contributed by atoms with Crippen LogP contribution in [0.1, 0.15) is 26.3 Å². The second-order valence-electron chi connectivity index (χ2n) is 5.45. The van der Waals surface area contributed by atoms with E-state index in [1.165, 1.54) is 0 Å². The SMILES string of the molecule is CC(C)(C)N=C(c1cccnc1)N1CCOCC1. The van der Waals surface area contributed by atoms with E-state index in [2.05, 4.69) is 36.7 Å². The predicted molar refractivity (Wildman–Crippen MR) is 72.9 cm³/mol. The largest absolute Gasteiger partial charge is 0.378 e. The van der Waals surface area contributed by atoms with Crippen molar-refractivity contribution in [3.8, 4) is 0 Å². The molecule has 2 rings (SSSR count). The maximum atomic E-state index is 5.40. The summed E-state index contributed by atoms with van der Waals surface area (Å²) >= 11 is 0. The van der Waals surface area contributed by atoms with Gasteiger partial charge < -0.3 is 9.64 Å². The number of hydrogen-bond acceptors (Lipinski definition) is 3. The minimum atomic E-state index is -0.0938. The molecule has 18 heavy (non-hydrogen) atoms. The number of aliphatic imine (C=N–C) groups is 1. The lowest BCUT2D eigenvalue weighted by Crippen LogP contribution is -2.42. The van der Waals surface area contributed by atoms with Gasteiger partial charge in [0.15, 0.2) is 0 Å². The lowest BCUT2D eigenvalue weighted by atomic mass is 10.1. The van der Waals surface area contributed by atoms with E-state index in [0.29, 0.717) is 0 Å². The molecule has 1 saturated heterocycles. The van der Waals surface area contributed by atoms with Gasteiger partial charge >= 0.3 is 0 Å². The Bertz CT molecular complexity index is 403. The minimum absolute atomic E-state index is 0.0938. The average molecular weight is 247 g/mol. The Kier molecular flexibility index (Phi) is 3.97. The van der Waals surface area contributed by atoms with Gasteiger partial charge in [0.1, 0.15) is 5.84 Å². The topological polar surface area (TPSA) is 37.7 Å². The summed E-state index contributed by atoms with van der Waals surface area (Å²) in [7, 11) is 0.